The van der Waals surface area contributed by atoms with Crippen LogP contribution in [-0.2, 0) is 19.1 Å². The van der Waals surface area contributed by atoms with Crippen molar-refractivity contribution in [2.75, 3.05) is 28.4 Å². The molecule has 12 nitrogen and oxygen atoms in total. The lowest BCUT2D eigenvalue weighted by molar-refractivity contribution is -0.166. The Morgan fingerprint density at radius 2 is 0.912 bits per heavy atom. The molecule has 0 heterocycles. The maximum Gasteiger partial charge on any atom is 0.349 e. The second kappa shape index (κ2) is 11.4. The minimum Gasteiger partial charge on any atom is -0.493 e. The number of benzene rings is 2. The molecule has 12 heteroatoms. The Bertz CT molecular complexity index is 992. The van der Waals surface area contributed by atoms with E-state index in [9.17, 15) is 29.4 Å². The van der Waals surface area contributed by atoms with E-state index in [4.69, 9.17) is 28.4 Å². The molecular weight excluding hydrogens is 456 g/mol. The molecule has 0 spiro atoms. The average Bonchev–Trinajstić information content (AvgIpc) is 2.84. The lowest BCUT2D eigenvalue weighted by Crippen LogP contribution is -2.45. The van der Waals surface area contributed by atoms with E-state index in [1.807, 2.05) is 0 Å². The average molecular weight is 478 g/mol. The molecule has 182 valence electrons. The van der Waals surface area contributed by atoms with Gasteiger partial charge in [0, 0.05) is 0 Å². The van der Waals surface area contributed by atoms with Crippen molar-refractivity contribution in [2.45, 2.75) is 12.2 Å². The molecule has 2 N–H and O–H groups in total. The van der Waals surface area contributed by atoms with E-state index in [0.29, 0.717) is 11.5 Å². The van der Waals surface area contributed by atoms with Crippen LogP contribution in [0.15, 0.2) is 36.4 Å². The number of hydrogen-bond acceptors (Lipinski definition) is 10. The van der Waals surface area contributed by atoms with Crippen LogP contribution >= 0.6 is 0 Å². The highest BCUT2D eigenvalue weighted by Crippen LogP contribution is 2.29. The monoisotopic (exact) mass is 478 g/mol. The normalized spacial score (nSPS) is 12.0. The molecule has 0 saturated carbocycles. The van der Waals surface area contributed by atoms with Gasteiger partial charge in [0.05, 0.1) is 39.6 Å². The van der Waals surface area contributed by atoms with Crippen LogP contribution in [0.2, 0.25) is 0 Å². The Hall–Kier alpha value is -4.48. The molecule has 2 atom stereocenters. The van der Waals surface area contributed by atoms with Gasteiger partial charge in [0.25, 0.3) is 0 Å². The van der Waals surface area contributed by atoms with Crippen molar-refractivity contribution in [3.8, 4) is 23.0 Å². The Labute approximate surface area is 193 Å². The first kappa shape index (κ1) is 25.8. The summed E-state index contributed by atoms with van der Waals surface area (Å²) in [6.45, 7) is 0. The molecular formula is C22H22O12. The van der Waals surface area contributed by atoms with E-state index in [1.165, 1.54) is 64.8 Å². The predicted molar refractivity (Wildman–Crippen MR) is 113 cm³/mol. The maximum absolute atomic E-state index is 12.5. The molecule has 0 saturated heterocycles. The Morgan fingerprint density at radius 1 is 0.588 bits per heavy atom. The number of carboxylic acid groups (broad SMARTS) is 2. The summed E-state index contributed by atoms with van der Waals surface area (Å²) in [5, 5.41) is 19.0. The lowest BCUT2D eigenvalue weighted by atomic mass is 10.1. The summed E-state index contributed by atoms with van der Waals surface area (Å²) < 4.78 is 30.0. The molecule has 0 aliphatic heterocycles. The van der Waals surface area contributed by atoms with Crippen molar-refractivity contribution >= 4 is 23.9 Å². The third-order valence-electron chi connectivity index (χ3n) is 4.47. The van der Waals surface area contributed by atoms with Gasteiger partial charge in [-0.3, -0.25) is 0 Å². The molecule has 0 unspecified atom stereocenters. The van der Waals surface area contributed by atoms with Crippen molar-refractivity contribution in [3.05, 3.63) is 47.5 Å². The van der Waals surface area contributed by atoms with E-state index in [1.54, 1.807) is 0 Å². The van der Waals surface area contributed by atoms with Gasteiger partial charge >= 0.3 is 23.9 Å². The number of carbonyl (C=O) groups is 4. The van der Waals surface area contributed by atoms with Crippen molar-refractivity contribution in [1.82, 2.24) is 0 Å². The number of rotatable bonds is 11. The van der Waals surface area contributed by atoms with E-state index in [0.717, 1.165) is 0 Å². The molecule has 0 aliphatic carbocycles. The van der Waals surface area contributed by atoms with Gasteiger partial charge in [0.15, 0.2) is 23.0 Å². The summed E-state index contributed by atoms with van der Waals surface area (Å²) >= 11 is 0. The van der Waals surface area contributed by atoms with Gasteiger partial charge in [-0.2, -0.15) is 0 Å². The Kier molecular flexibility index (Phi) is 8.65. The number of ether oxygens (including phenoxy) is 6. The van der Waals surface area contributed by atoms with Crippen LogP contribution in [0.1, 0.15) is 20.7 Å². The van der Waals surface area contributed by atoms with Gasteiger partial charge in [-0.05, 0) is 36.4 Å². The van der Waals surface area contributed by atoms with Crippen LogP contribution < -0.4 is 18.9 Å². The lowest BCUT2D eigenvalue weighted by Gasteiger charge is -2.21. The first-order valence-electron chi connectivity index (χ1n) is 9.48. The quantitative estimate of drug-likeness (QED) is 0.449. The molecule has 0 aliphatic rings. The minimum absolute atomic E-state index is 0.151. The third-order valence-corrected chi connectivity index (χ3v) is 4.47. The van der Waals surface area contributed by atoms with Gasteiger partial charge in [0.1, 0.15) is 0 Å². The summed E-state index contributed by atoms with van der Waals surface area (Å²) in [4.78, 5) is 48.5. The van der Waals surface area contributed by atoms with Gasteiger partial charge in [-0.15, -0.1) is 0 Å². The summed E-state index contributed by atoms with van der Waals surface area (Å²) in [5.74, 6) is -5.19. The fourth-order valence-electron chi connectivity index (χ4n) is 2.78. The van der Waals surface area contributed by atoms with Gasteiger partial charge in [-0.1, -0.05) is 0 Å². The first-order valence-corrected chi connectivity index (χ1v) is 9.48. The van der Waals surface area contributed by atoms with Crippen LogP contribution in [0.3, 0.4) is 0 Å². The highest BCUT2D eigenvalue weighted by molar-refractivity contribution is 5.95. The first-order chi connectivity index (χ1) is 16.2. The molecule has 0 amide bonds. The largest absolute Gasteiger partial charge is 0.493 e. The Balaban J connectivity index is 2.29. The third kappa shape index (κ3) is 5.85. The second-order valence-corrected chi connectivity index (χ2v) is 6.47. The van der Waals surface area contributed by atoms with Crippen LogP contribution in [0, 0.1) is 0 Å². The SMILES string of the molecule is COc1ccc(C(=O)O[C@@H](C(=O)O)[C@@H](OC(=O)c2ccc(OC)c(OC)c2)C(=O)O)cc1OC. The summed E-state index contributed by atoms with van der Waals surface area (Å²) in [6, 6.07) is 7.69. The zero-order chi connectivity index (χ0) is 25.4. The number of methoxy groups -OCH3 is 4. The molecule has 34 heavy (non-hydrogen) atoms. The van der Waals surface area contributed by atoms with E-state index >= 15 is 0 Å². The van der Waals surface area contributed by atoms with Gasteiger partial charge in [0.2, 0.25) is 12.2 Å². The van der Waals surface area contributed by atoms with Crippen LogP contribution in [0.5, 0.6) is 23.0 Å². The second-order valence-electron chi connectivity index (χ2n) is 6.47. The molecule has 0 radical (unpaired) electrons. The molecule has 2 rings (SSSR count). The molecule has 0 fully saturated rings. The topological polar surface area (TPSA) is 164 Å². The summed E-state index contributed by atoms with van der Waals surface area (Å²) in [6.07, 6.45) is -4.72. The Morgan fingerprint density at radius 3 is 1.18 bits per heavy atom. The molecule has 0 bridgehead atoms. The zero-order valence-electron chi connectivity index (χ0n) is 18.6. The van der Waals surface area contributed by atoms with Crippen LogP contribution in [0.25, 0.3) is 0 Å². The molecule has 0 aromatic heterocycles. The van der Waals surface area contributed by atoms with Gasteiger partial charge < -0.3 is 38.6 Å². The van der Waals surface area contributed by atoms with Crippen molar-refractivity contribution in [1.29, 1.82) is 0 Å². The molecule has 2 aromatic carbocycles. The fraction of sp³-hybridized carbons (Fsp3) is 0.273. The smallest absolute Gasteiger partial charge is 0.349 e. The highest BCUT2D eigenvalue weighted by atomic mass is 16.6. The minimum atomic E-state index is -2.36. The van der Waals surface area contributed by atoms with E-state index in [2.05, 4.69) is 0 Å². The van der Waals surface area contributed by atoms with Crippen molar-refractivity contribution in [2.24, 2.45) is 0 Å². The van der Waals surface area contributed by atoms with Crippen LogP contribution in [0.4, 0.5) is 0 Å². The number of hydrogen-bond donors (Lipinski definition) is 2. The number of esters is 2. The predicted octanol–water partition coefficient (Wildman–Crippen LogP) is 1.64. The van der Waals surface area contributed by atoms with Crippen LogP contribution in [-0.4, -0.2) is 74.7 Å². The van der Waals surface area contributed by atoms with Crippen molar-refractivity contribution < 1.29 is 57.8 Å². The molecule has 2 aromatic rings. The number of carboxylic acids is 2. The van der Waals surface area contributed by atoms with E-state index < -0.39 is 36.1 Å². The highest BCUT2D eigenvalue weighted by Gasteiger charge is 2.41. The standard InChI is InChI=1S/C22H22O12/c1-29-13-7-5-11(9-15(13)31-3)21(27)33-17(19(23)24)18(20(25)26)34-22(28)12-6-8-14(30-2)16(10-12)32-4/h5-10,17-18H,1-4H3,(H,23,24)(H,25,26)/t17-,18-/m1/s1. The van der Waals surface area contributed by atoms with Crippen molar-refractivity contribution in [3.63, 3.8) is 0 Å². The fourth-order valence-corrected chi connectivity index (χ4v) is 2.78. The maximum atomic E-state index is 12.5. The number of aliphatic carboxylic acids is 2. The van der Waals surface area contributed by atoms with E-state index in [-0.39, 0.29) is 22.6 Å². The summed E-state index contributed by atoms with van der Waals surface area (Å²) in [7, 11) is 5.39. The summed E-state index contributed by atoms with van der Waals surface area (Å²) in [5.41, 5.74) is -0.307. The van der Waals surface area contributed by atoms with Gasteiger partial charge in [-0.25, -0.2) is 19.2 Å². The zero-order valence-corrected chi connectivity index (χ0v) is 18.6. The number of carbonyl (C=O) groups excluding carboxylic acids is 2.